The van der Waals surface area contributed by atoms with Crippen molar-refractivity contribution in [1.29, 1.82) is 0 Å². The summed E-state index contributed by atoms with van der Waals surface area (Å²) in [5.74, 6) is 1.43. The fourth-order valence-corrected chi connectivity index (χ4v) is 4.86. The molecule has 1 atom stereocenters. The van der Waals surface area contributed by atoms with E-state index in [-0.39, 0.29) is 17.2 Å². The Hall–Kier alpha value is -2.59. The molecule has 0 radical (unpaired) electrons. The van der Waals surface area contributed by atoms with Gasteiger partial charge in [-0.3, -0.25) is 9.69 Å². The SMILES string of the molecule is C=CCOc1ccccc1CN1CCC2(CC1)C[C@H]2C(=O)NCCCc1ccccc1. The predicted octanol–water partition coefficient (Wildman–Crippen LogP) is 4.60. The molecular weight excluding hydrogens is 384 g/mol. The highest BCUT2D eigenvalue weighted by molar-refractivity contribution is 5.82. The average molecular weight is 419 g/mol. The highest BCUT2D eigenvalue weighted by Crippen LogP contribution is 2.59. The number of aryl methyl sites for hydroxylation is 1. The Morgan fingerprint density at radius 1 is 1.13 bits per heavy atom. The zero-order chi connectivity index (χ0) is 21.5. The number of nitrogens with zero attached hydrogens (tertiary/aromatic N) is 1. The molecule has 4 nitrogen and oxygen atoms in total. The molecule has 4 rings (SSSR count). The van der Waals surface area contributed by atoms with Crippen LogP contribution in [0.5, 0.6) is 5.75 Å². The molecule has 0 bridgehead atoms. The van der Waals surface area contributed by atoms with Gasteiger partial charge in [0.05, 0.1) is 0 Å². The number of rotatable bonds is 10. The van der Waals surface area contributed by atoms with Crippen molar-refractivity contribution in [1.82, 2.24) is 10.2 Å². The van der Waals surface area contributed by atoms with E-state index in [0.717, 1.165) is 64.0 Å². The Bertz CT molecular complexity index is 872. The number of hydrogen-bond acceptors (Lipinski definition) is 3. The van der Waals surface area contributed by atoms with Gasteiger partial charge in [-0.2, -0.15) is 0 Å². The molecule has 2 aromatic rings. The number of carbonyl (C=O) groups excluding carboxylic acids is 1. The zero-order valence-corrected chi connectivity index (χ0v) is 18.4. The normalized spacial score (nSPS) is 19.7. The third kappa shape index (κ3) is 5.56. The van der Waals surface area contributed by atoms with Gasteiger partial charge in [-0.1, -0.05) is 61.2 Å². The predicted molar refractivity (Wildman–Crippen MR) is 125 cm³/mol. The van der Waals surface area contributed by atoms with Gasteiger partial charge in [0.15, 0.2) is 0 Å². The van der Waals surface area contributed by atoms with Crippen LogP contribution in [-0.4, -0.2) is 37.0 Å². The molecule has 31 heavy (non-hydrogen) atoms. The number of hydrogen-bond donors (Lipinski definition) is 1. The lowest BCUT2D eigenvalue weighted by Gasteiger charge is -2.33. The van der Waals surface area contributed by atoms with Crippen molar-refractivity contribution in [2.75, 3.05) is 26.2 Å². The smallest absolute Gasteiger partial charge is 0.223 e. The molecule has 4 heteroatoms. The van der Waals surface area contributed by atoms with Gasteiger partial charge < -0.3 is 10.1 Å². The van der Waals surface area contributed by atoms with Crippen molar-refractivity contribution in [2.45, 2.75) is 38.6 Å². The third-order valence-corrected chi connectivity index (χ3v) is 6.87. The van der Waals surface area contributed by atoms with Crippen molar-refractivity contribution in [3.8, 4) is 5.75 Å². The minimum absolute atomic E-state index is 0.217. The first kappa shape index (κ1) is 21.6. The molecule has 2 aromatic carbocycles. The Morgan fingerprint density at radius 2 is 1.87 bits per heavy atom. The monoisotopic (exact) mass is 418 g/mol. The molecule has 1 N–H and O–H groups in total. The molecule has 1 heterocycles. The summed E-state index contributed by atoms with van der Waals surface area (Å²) in [6, 6.07) is 18.7. The fourth-order valence-electron chi connectivity index (χ4n) is 4.86. The van der Waals surface area contributed by atoms with E-state index < -0.39 is 0 Å². The van der Waals surface area contributed by atoms with Crippen LogP contribution in [0.4, 0.5) is 0 Å². The summed E-state index contributed by atoms with van der Waals surface area (Å²) in [6.45, 7) is 8.04. The third-order valence-electron chi connectivity index (χ3n) is 6.87. The van der Waals surface area contributed by atoms with Crippen LogP contribution in [0.3, 0.4) is 0 Å². The second kappa shape index (κ2) is 10.1. The van der Waals surface area contributed by atoms with Crippen LogP contribution in [0.15, 0.2) is 67.3 Å². The molecule has 0 aromatic heterocycles. The summed E-state index contributed by atoms with van der Waals surface area (Å²) in [7, 11) is 0. The van der Waals surface area contributed by atoms with E-state index >= 15 is 0 Å². The maximum Gasteiger partial charge on any atom is 0.223 e. The lowest BCUT2D eigenvalue weighted by atomic mass is 9.90. The van der Waals surface area contributed by atoms with Crippen LogP contribution in [0, 0.1) is 11.3 Å². The van der Waals surface area contributed by atoms with E-state index in [4.69, 9.17) is 4.74 Å². The van der Waals surface area contributed by atoms with Gasteiger partial charge in [-0.15, -0.1) is 0 Å². The summed E-state index contributed by atoms with van der Waals surface area (Å²) < 4.78 is 5.81. The van der Waals surface area contributed by atoms with Crippen LogP contribution >= 0.6 is 0 Å². The zero-order valence-electron chi connectivity index (χ0n) is 18.4. The van der Waals surface area contributed by atoms with Gasteiger partial charge in [-0.25, -0.2) is 0 Å². The summed E-state index contributed by atoms with van der Waals surface area (Å²) in [5, 5.41) is 3.19. The minimum Gasteiger partial charge on any atom is -0.489 e. The molecule has 2 fully saturated rings. The Kier molecular flexibility index (Phi) is 7.08. The van der Waals surface area contributed by atoms with Crippen LogP contribution in [0.1, 0.15) is 36.8 Å². The maximum atomic E-state index is 12.7. The highest BCUT2D eigenvalue weighted by Gasteiger charge is 2.58. The van der Waals surface area contributed by atoms with Crippen LogP contribution < -0.4 is 10.1 Å². The number of amides is 1. The summed E-state index contributed by atoms with van der Waals surface area (Å²) >= 11 is 0. The molecule has 1 aliphatic heterocycles. The Balaban J connectivity index is 1.19. The van der Waals surface area contributed by atoms with E-state index in [1.54, 1.807) is 6.08 Å². The minimum atomic E-state index is 0.217. The van der Waals surface area contributed by atoms with Gasteiger partial charge in [0.2, 0.25) is 5.91 Å². The Labute approximate surface area is 186 Å². The van der Waals surface area contributed by atoms with Gasteiger partial charge in [0.25, 0.3) is 0 Å². The first-order valence-electron chi connectivity index (χ1n) is 11.6. The van der Waals surface area contributed by atoms with Crippen molar-refractivity contribution in [3.63, 3.8) is 0 Å². The van der Waals surface area contributed by atoms with E-state index in [0.29, 0.717) is 6.61 Å². The number of nitrogens with one attached hydrogen (secondary N) is 1. The summed E-state index contributed by atoms with van der Waals surface area (Å²) in [5.41, 5.74) is 2.81. The summed E-state index contributed by atoms with van der Waals surface area (Å²) in [4.78, 5) is 15.2. The Morgan fingerprint density at radius 3 is 2.65 bits per heavy atom. The molecular formula is C27H34N2O2. The van der Waals surface area contributed by atoms with Crippen LogP contribution in [0.2, 0.25) is 0 Å². The second-order valence-electron chi connectivity index (χ2n) is 8.98. The fraction of sp³-hybridized carbons (Fsp3) is 0.444. The number of piperidine rings is 1. The molecule has 1 spiro atoms. The largest absolute Gasteiger partial charge is 0.489 e. The van der Waals surface area contributed by atoms with Gasteiger partial charge in [-0.05, 0) is 62.2 Å². The molecule has 1 amide bonds. The lowest BCUT2D eigenvalue weighted by Crippen LogP contribution is -2.37. The van der Waals surface area contributed by atoms with Crippen molar-refractivity contribution >= 4 is 5.91 Å². The molecule has 1 saturated carbocycles. The highest BCUT2D eigenvalue weighted by atomic mass is 16.5. The van der Waals surface area contributed by atoms with Crippen LogP contribution in [-0.2, 0) is 17.8 Å². The molecule has 0 unspecified atom stereocenters. The molecule has 164 valence electrons. The summed E-state index contributed by atoms with van der Waals surface area (Å²) in [6.07, 6.45) is 7.09. The first-order valence-corrected chi connectivity index (χ1v) is 11.6. The maximum absolute atomic E-state index is 12.7. The molecule has 1 aliphatic carbocycles. The van der Waals surface area contributed by atoms with Crippen molar-refractivity contribution in [2.24, 2.45) is 11.3 Å². The van der Waals surface area contributed by atoms with E-state index in [9.17, 15) is 4.79 Å². The first-order chi connectivity index (χ1) is 15.2. The quantitative estimate of drug-likeness (QED) is 0.453. The van der Waals surface area contributed by atoms with Gasteiger partial charge in [0.1, 0.15) is 12.4 Å². The number of ether oxygens (including phenoxy) is 1. The number of para-hydroxylation sites is 1. The lowest BCUT2D eigenvalue weighted by molar-refractivity contribution is -0.123. The number of likely N-dealkylation sites (tertiary alicyclic amines) is 1. The van der Waals surface area contributed by atoms with Crippen molar-refractivity contribution in [3.05, 3.63) is 78.4 Å². The van der Waals surface area contributed by atoms with E-state index in [2.05, 4.69) is 53.2 Å². The van der Waals surface area contributed by atoms with Gasteiger partial charge >= 0.3 is 0 Å². The van der Waals surface area contributed by atoms with Crippen molar-refractivity contribution < 1.29 is 9.53 Å². The van der Waals surface area contributed by atoms with Crippen LogP contribution in [0.25, 0.3) is 0 Å². The topological polar surface area (TPSA) is 41.6 Å². The molecule has 2 aliphatic rings. The number of carbonyl (C=O) groups is 1. The second-order valence-corrected chi connectivity index (χ2v) is 8.98. The van der Waals surface area contributed by atoms with E-state index in [1.165, 1.54) is 11.1 Å². The van der Waals surface area contributed by atoms with E-state index in [1.807, 2.05) is 18.2 Å². The number of benzene rings is 2. The molecule has 1 saturated heterocycles. The van der Waals surface area contributed by atoms with Gasteiger partial charge in [0, 0.05) is 24.6 Å². The standard InChI is InChI=1S/C27H34N2O2/c1-2-19-31-25-13-7-6-12-23(25)21-29-17-14-27(15-18-29)20-24(27)26(30)28-16-8-11-22-9-4-3-5-10-22/h2-7,9-10,12-13,24H,1,8,11,14-21H2,(H,28,30)/t24-/m0/s1. The average Bonchev–Trinajstić information content (AvgIpc) is 3.52.